The first-order chi connectivity index (χ1) is 15.1. The molecule has 0 saturated carbocycles. The van der Waals surface area contributed by atoms with Crippen molar-refractivity contribution in [3.8, 4) is 23.0 Å². The number of methoxy groups -OCH3 is 2. The standard InChI is InChI=1S/C25H24BrNO4/c1-27(15-17-4-8-20(28-2)9-5-17)23(18-6-10-21(29-3)11-7-18)12-19-13-24-25(14-22(19)26)31-16-30-24/h4-14H,15-16H2,1-3H3/b23-12+. The molecular weight excluding hydrogens is 458 g/mol. The lowest BCUT2D eigenvalue weighted by molar-refractivity contribution is 0.174. The highest BCUT2D eigenvalue weighted by Gasteiger charge is 2.17. The molecule has 1 heterocycles. The van der Waals surface area contributed by atoms with Crippen LogP contribution in [0.3, 0.4) is 0 Å². The number of hydrogen-bond donors (Lipinski definition) is 0. The highest BCUT2D eigenvalue weighted by Crippen LogP contribution is 2.38. The van der Waals surface area contributed by atoms with Crippen molar-refractivity contribution in [3.05, 3.63) is 81.8 Å². The maximum atomic E-state index is 5.58. The Morgan fingerprint density at radius 1 is 0.935 bits per heavy atom. The fourth-order valence-corrected chi connectivity index (χ4v) is 3.89. The van der Waals surface area contributed by atoms with E-state index in [1.807, 2.05) is 36.4 Å². The molecule has 0 aromatic heterocycles. The lowest BCUT2D eigenvalue weighted by Gasteiger charge is -2.24. The summed E-state index contributed by atoms with van der Waals surface area (Å²) in [5.74, 6) is 3.18. The van der Waals surface area contributed by atoms with E-state index in [2.05, 4.69) is 58.2 Å². The van der Waals surface area contributed by atoms with E-state index in [4.69, 9.17) is 18.9 Å². The first-order valence-corrected chi connectivity index (χ1v) is 10.7. The monoisotopic (exact) mass is 481 g/mol. The smallest absolute Gasteiger partial charge is 0.231 e. The van der Waals surface area contributed by atoms with Gasteiger partial charge in [0.15, 0.2) is 11.5 Å². The molecule has 0 bridgehead atoms. The molecule has 1 aliphatic heterocycles. The summed E-state index contributed by atoms with van der Waals surface area (Å²) in [4.78, 5) is 2.22. The van der Waals surface area contributed by atoms with E-state index in [1.54, 1.807) is 14.2 Å². The fourth-order valence-electron chi connectivity index (χ4n) is 3.46. The maximum Gasteiger partial charge on any atom is 0.231 e. The second-order valence-electron chi connectivity index (χ2n) is 7.19. The Hall–Kier alpha value is -3.12. The van der Waals surface area contributed by atoms with Gasteiger partial charge in [0, 0.05) is 23.8 Å². The fraction of sp³-hybridized carbons (Fsp3) is 0.200. The Morgan fingerprint density at radius 3 is 2.13 bits per heavy atom. The van der Waals surface area contributed by atoms with Gasteiger partial charge in [0.1, 0.15) is 11.5 Å². The lowest BCUT2D eigenvalue weighted by Crippen LogP contribution is -2.16. The first-order valence-electron chi connectivity index (χ1n) is 9.86. The van der Waals surface area contributed by atoms with E-state index in [0.29, 0.717) is 0 Å². The normalized spacial score (nSPS) is 12.6. The molecule has 1 aliphatic rings. The Bertz CT molecular complexity index is 1080. The summed E-state index contributed by atoms with van der Waals surface area (Å²) < 4.78 is 22.6. The van der Waals surface area contributed by atoms with Gasteiger partial charge in [0.05, 0.1) is 14.2 Å². The minimum Gasteiger partial charge on any atom is -0.497 e. The highest BCUT2D eigenvalue weighted by atomic mass is 79.9. The summed E-state index contributed by atoms with van der Waals surface area (Å²) in [5, 5.41) is 0. The van der Waals surface area contributed by atoms with Crippen LogP contribution in [0.5, 0.6) is 23.0 Å². The summed E-state index contributed by atoms with van der Waals surface area (Å²) in [6, 6.07) is 20.1. The number of benzene rings is 3. The molecule has 0 atom stereocenters. The van der Waals surface area contributed by atoms with Crippen LogP contribution in [-0.2, 0) is 6.54 Å². The summed E-state index contributed by atoms with van der Waals surface area (Å²) in [7, 11) is 5.43. The second-order valence-corrected chi connectivity index (χ2v) is 8.04. The molecule has 0 spiro atoms. The zero-order chi connectivity index (χ0) is 21.8. The van der Waals surface area contributed by atoms with Gasteiger partial charge < -0.3 is 23.8 Å². The molecule has 0 saturated heterocycles. The van der Waals surface area contributed by atoms with Crippen LogP contribution in [0.1, 0.15) is 16.7 Å². The molecule has 3 aromatic carbocycles. The summed E-state index contributed by atoms with van der Waals surface area (Å²) >= 11 is 3.67. The van der Waals surface area contributed by atoms with Gasteiger partial charge in [-0.05, 0) is 71.3 Å². The minimum atomic E-state index is 0.248. The van der Waals surface area contributed by atoms with Crippen molar-refractivity contribution in [2.24, 2.45) is 0 Å². The average molecular weight is 482 g/mol. The molecule has 0 aliphatic carbocycles. The molecular formula is C25H24BrNO4. The third-order valence-electron chi connectivity index (χ3n) is 5.16. The Labute approximate surface area is 190 Å². The van der Waals surface area contributed by atoms with Crippen LogP contribution in [0.4, 0.5) is 0 Å². The molecule has 31 heavy (non-hydrogen) atoms. The van der Waals surface area contributed by atoms with Crippen LogP contribution >= 0.6 is 15.9 Å². The van der Waals surface area contributed by atoms with Crippen LogP contribution < -0.4 is 18.9 Å². The average Bonchev–Trinajstić information content (AvgIpc) is 3.25. The number of nitrogens with zero attached hydrogens (tertiary/aromatic N) is 1. The Kier molecular flexibility index (Phi) is 6.37. The predicted molar refractivity (Wildman–Crippen MR) is 126 cm³/mol. The molecule has 0 unspecified atom stereocenters. The van der Waals surface area contributed by atoms with Crippen LogP contribution in [0.15, 0.2) is 65.1 Å². The summed E-state index contributed by atoms with van der Waals surface area (Å²) in [6.45, 7) is 0.988. The second kappa shape index (κ2) is 9.35. The van der Waals surface area contributed by atoms with Crippen molar-refractivity contribution in [1.82, 2.24) is 4.90 Å². The van der Waals surface area contributed by atoms with E-state index >= 15 is 0 Å². The van der Waals surface area contributed by atoms with Gasteiger partial charge in [-0.25, -0.2) is 0 Å². The zero-order valence-electron chi connectivity index (χ0n) is 17.7. The van der Waals surface area contributed by atoms with Gasteiger partial charge in [-0.15, -0.1) is 0 Å². The van der Waals surface area contributed by atoms with E-state index in [0.717, 1.165) is 50.8 Å². The first kappa shape index (κ1) is 21.1. The quantitative estimate of drug-likeness (QED) is 0.397. The topological polar surface area (TPSA) is 40.2 Å². The van der Waals surface area contributed by atoms with Crippen molar-refractivity contribution in [3.63, 3.8) is 0 Å². The van der Waals surface area contributed by atoms with Crippen LogP contribution in [0, 0.1) is 0 Å². The number of halogens is 1. The lowest BCUT2D eigenvalue weighted by atomic mass is 10.1. The van der Waals surface area contributed by atoms with Crippen LogP contribution in [0.2, 0.25) is 0 Å². The van der Waals surface area contributed by atoms with Gasteiger partial charge in [-0.2, -0.15) is 0 Å². The van der Waals surface area contributed by atoms with Crippen molar-refractivity contribution in [2.75, 3.05) is 28.1 Å². The van der Waals surface area contributed by atoms with E-state index in [9.17, 15) is 0 Å². The minimum absolute atomic E-state index is 0.248. The molecule has 0 radical (unpaired) electrons. The van der Waals surface area contributed by atoms with Crippen molar-refractivity contribution >= 4 is 27.7 Å². The highest BCUT2D eigenvalue weighted by molar-refractivity contribution is 9.10. The molecule has 3 aromatic rings. The number of ether oxygens (including phenoxy) is 4. The SMILES string of the molecule is COc1ccc(CN(C)/C(=C/c2cc3c(cc2Br)OCO3)c2ccc(OC)cc2)cc1. The molecule has 0 amide bonds. The maximum absolute atomic E-state index is 5.58. The molecule has 6 heteroatoms. The van der Waals surface area contributed by atoms with Gasteiger partial charge in [-0.1, -0.05) is 28.1 Å². The summed E-state index contributed by atoms with van der Waals surface area (Å²) in [6.07, 6.45) is 2.15. The van der Waals surface area contributed by atoms with Crippen LogP contribution in [0.25, 0.3) is 11.8 Å². The summed E-state index contributed by atoms with van der Waals surface area (Å²) in [5.41, 5.74) is 4.35. The van der Waals surface area contributed by atoms with Gasteiger partial charge in [0.25, 0.3) is 0 Å². The van der Waals surface area contributed by atoms with Gasteiger partial charge in [-0.3, -0.25) is 0 Å². The molecule has 4 rings (SSSR count). The molecule has 0 fully saturated rings. The molecule has 0 N–H and O–H groups in total. The van der Waals surface area contributed by atoms with Crippen molar-refractivity contribution in [1.29, 1.82) is 0 Å². The van der Waals surface area contributed by atoms with E-state index < -0.39 is 0 Å². The molecule has 160 valence electrons. The number of hydrogen-bond acceptors (Lipinski definition) is 5. The predicted octanol–water partition coefficient (Wildman–Crippen LogP) is 5.83. The van der Waals surface area contributed by atoms with Crippen molar-refractivity contribution in [2.45, 2.75) is 6.54 Å². The third kappa shape index (κ3) is 4.80. The van der Waals surface area contributed by atoms with Crippen LogP contribution in [-0.4, -0.2) is 33.0 Å². The number of fused-ring (bicyclic) bond motifs is 1. The van der Waals surface area contributed by atoms with E-state index in [1.165, 1.54) is 5.56 Å². The molecule has 5 nitrogen and oxygen atoms in total. The van der Waals surface area contributed by atoms with Gasteiger partial charge in [0.2, 0.25) is 6.79 Å². The zero-order valence-corrected chi connectivity index (χ0v) is 19.3. The number of rotatable bonds is 7. The van der Waals surface area contributed by atoms with Crippen molar-refractivity contribution < 1.29 is 18.9 Å². The third-order valence-corrected chi connectivity index (χ3v) is 5.85. The van der Waals surface area contributed by atoms with Gasteiger partial charge >= 0.3 is 0 Å². The van der Waals surface area contributed by atoms with E-state index in [-0.39, 0.29) is 6.79 Å². The largest absolute Gasteiger partial charge is 0.497 e. The Balaban J connectivity index is 1.70. The Morgan fingerprint density at radius 2 is 1.52 bits per heavy atom.